The molecule has 2 aromatic rings. The Labute approximate surface area is 207 Å². The zero-order chi connectivity index (χ0) is 24.9. The van der Waals surface area contributed by atoms with Gasteiger partial charge in [0.05, 0.1) is 11.6 Å². The Bertz CT molecular complexity index is 1110. The Morgan fingerprint density at radius 2 is 1.86 bits per heavy atom. The van der Waals surface area contributed by atoms with Gasteiger partial charge in [-0.05, 0) is 88.2 Å². The van der Waals surface area contributed by atoms with Crippen molar-refractivity contribution in [1.29, 1.82) is 0 Å². The molecule has 35 heavy (non-hydrogen) atoms. The SMILES string of the molecule is Cc1ccc(NC(=O)[C@@H]2C[C@@H](C(=O)O)C[C@H]2c2noc(C3CC(CC(C)C)C3)c2C2CC2)c(C)c1. The van der Waals surface area contributed by atoms with Crippen LogP contribution in [0.2, 0.25) is 0 Å². The predicted octanol–water partition coefficient (Wildman–Crippen LogP) is 6.54. The van der Waals surface area contributed by atoms with Gasteiger partial charge in [0.15, 0.2) is 0 Å². The van der Waals surface area contributed by atoms with Gasteiger partial charge in [0.1, 0.15) is 5.76 Å². The molecule has 1 amide bonds. The van der Waals surface area contributed by atoms with E-state index in [4.69, 9.17) is 4.52 Å². The molecule has 6 heteroatoms. The van der Waals surface area contributed by atoms with E-state index in [1.807, 2.05) is 32.0 Å². The summed E-state index contributed by atoms with van der Waals surface area (Å²) in [6.45, 7) is 8.56. The second-order valence-corrected chi connectivity index (χ2v) is 11.8. The van der Waals surface area contributed by atoms with Crippen molar-refractivity contribution in [3.05, 3.63) is 46.3 Å². The second kappa shape index (κ2) is 9.44. The zero-order valence-corrected chi connectivity index (χ0v) is 21.3. The van der Waals surface area contributed by atoms with Gasteiger partial charge in [-0.2, -0.15) is 0 Å². The average molecular weight is 479 g/mol. The first-order chi connectivity index (χ1) is 16.7. The highest BCUT2D eigenvalue weighted by atomic mass is 16.5. The molecule has 0 radical (unpaired) electrons. The van der Waals surface area contributed by atoms with Crippen LogP contribution in [0.5, 0.6) is 0 Å². The number of carbonyl (C=O) groups excluding carboxylic acids is 1. The molecule has 3 atom stereocenters. The normalized spacial score (nSPS) is 28.2. The monoisotopic (exact) mass is 478 g/mol. The number of anilines is 1. The smallest absolute Gasteiger partial charge is 0.306 e. The zero-order valence-electron chi connectivity index (χ0n) is 21.3. The lowest BCUT2D eigenvalue weighted by molar-refractivity contribution is -0.141. The van der Waals surface area contributed by atoms with E-state index in [-0.39, 0.29) is 11.8 Å². The number of hydrogen-bond donors (Lipinski definition) is 2. The van der Waals surface area contributed by atoms with Gasteiger partial charge in [0.2, 0.25) is 5.91 Å². The molecule has 6 nitrogen and oxygen atoms in total. The van der Waals surface area contributed by atoms with Gasteiger partial charge >= 0.3 is 5.97 Å². The maximum absolute atomic E-state index is 13.5. The first-order valence-electron chi connectivity index (χ1n) is 13.3. The summed E-state index contributed by atoms with van der Waals surface area (Å²) in [7, 11) is 0. The van der Waals surface area contributed by atoms with E-state index in [0.717, 1.165) is 59.9 Å². The minimum Gasteiger partial charge on any atom is -0.481 e. The molecule has 3 aliphatic carbocycles. The highest BCUT2D eigenvalue weighted by molar-refractivity contribution is 5.94. The Kier molecular flexibility index (Phi) is 6.49. The number of aryl methyl sites for hydroxylation is 2. The number of rotatable bonds is 8. The highest BCUT2D eigenvalue weighted by Gasteiger charge is 2.48. The molecule has 1 aromatic carbocycles. The number of carbonyl (C=O) groups is 2. The van der Waals surface area contributed by atoms with Gasteiger partial charge in [-0.3, -0.25) is 9.59 Å². The van der Waals surface area contributed by atoms with Crippen LogP contribution in [0.3, 0.4) is 0 Å². The van der Waals surface area contributed by atoms with E-state index in [2.05, 4.69) is 24.3 Å². The molecule has 3 saturated carbocycles. The number of nitrogens with one attached hydrogen (secondary N) is 1. The Hall–Kier alpha value is -2.63. The molecule has 0 aliphatic heterocycles. The van der Waals surface area contributed by atoms with Crippen molar-refractivity contribution in [2.45, 2.75) is 90.4 Å². The molecule has 5 rings (SSSR count). The summed E-state index contributed by atoms with van der Waals surface area (Å²) in [6.07, 6.45) is 6.56. The van der Waals surface area contributed by atoms with Gasteiger partial charge in [-0.25, -0.2) is 0 Å². The summed E-state index contributed by atoms with van der Waals surface area (Å²) in [5.74, 6) is 1.20. The number of benzene rings is 1. The standard InChI is InChI=1S/C29H38N2O4/c1-15(2)9-18-11-20(12-18)27-25(19-6-7-19)26(31-35-27)22-13-21(29(33)34)14-23(22)28(32)30-24-8-5-16(3)10-17(24)4/h5,8,10,15,18-23H,6-7,9,11-14H2,1-4H3,(H,30,32)(H,33,34)/t18?,20?,21-,22+,23+/m0/s1. The number of nitrogens with zero attached hydrogens (tertiary/aromatic N) is 1. The number of hydrogen-bond acceptors (Lipinski definition) is 4. The van der Waals surface area contributed by atoms with Crippen LogP contribution in [0.4, 0.5) is 5.69 Å². The van der Waals surface area contributed by atoms with Crippen molar-refractivity contribution in [3.63, 3.8) is 0 Å². The summed E-state index contributed by atoms with van der Waals surface area (Å²) in [6, 6.07) is 5.95. The predicted molar refractivity (Wildman–Crippen MR) is 135 cm³/mol. The number of carboxylic acid groups (broad SMARTS) is 1. The average Bonchev–Trinajstić information content (AvgIpc) is 3.35. The molecule has 0 spiro atoms. The van der Waals surface area contributed by atoms with Gasteiger partial charge in [0, 0.05) is 29.0 Å². The summed E-state index contributed by atoms with van der Waals surface area (Å²) >= 11 is 0. The number of aliphatic carboxylic acids is 1. The summed E-state index contributed by atoms with van der Waals surface area (Å²) in [5, 5.41) is 17.5. The van der Waals surface area contributed by atoms with Gasteiger partial charge in [-0.15, -0.1) is 0 Å². The van der Waals surface area contributed by atoms with E-state index < -0.39 is 17.8 Å². The minimum absolute atomic E-state index is 0.113. The van der Waals surface area contributed by atoms with Gasteiger partial charge in [-0.1, -0.05) is 36.7 Å². The van der Waals surface area contributed by atoms with E-state index >= 15 is 0 Å². The highest BCUT2D eigenvalue weighted by Crippen LogP contribution is 2.55. The topological polar surface area (TPSA) is 92.4 Å². The molecular formula is C29H38N2O4. The molecule has 0 unspecified atom stereocenters. The van der Waals surface area contributed by atoms with Crippen LogP contribution < -0.4 is 5.32 Å². The molecule has 1 heterocycles. The molecule has 0 saturated heterocycles. The second-order valence-electron chi connectivity index (χ2n) is 11.8. The van der Waals surface area contributed by atoms with Crippen LogP contribution in [0.25, 0.3) is 0 Å². The number of carboxylic acids is 1. The maximum Gasteiger partial charge on any atom is 0.306 e. The Morgan fingerprint density at radius 3 is 2.49 bits per heavy atom. The van der Waals surface area contributed by atoms with Crippen LogP contribution in [-0.2, 0) is 9.59 Å². The number of amides is 1. The Morgan fingerprint density at radius 1 is 1.11 bits per heavy atom. The van der Waals surface area contributed by atoms with Crippen LogP contribution >= 0.6 is 0 Å². The van der Waals surface area contributed by atoms with E-state index in [1.165, 1.54) is 12.0 Å². The molecule has 3 fully saturated rings. The first-order valence-corrected chi connectivity index (χ1v) is 13.3. The van der Waals surface area contributed by atoms with Crippen LogP contribution in [0.1, 0.15) is 105 Å². The fourth-order valence-electron chi connectivity index (χ4n) is 6.49. The van der Waals surface area contributed by atoms with Crippen molar-refractivity contribution in [2.75, 3.05) is 5.32 Å². The molecule has 1 aromatic heterocycles. The lowest BCUT2D eigenvalue weighted by Gasteiger charge is -2.35. The van der Waals surface area contributed by atoms with Crippen LogP contribution in [-0.4, -0.2) is 22.1 Å². The summed E-state index contributed by atoms with van der Waals surface area (Å²) in [4.78, 5) is 25.4. The fraction of sp³-hybridized carbons (Fsp3) is 0.621. The summed E-state index contributed by atoms with van der Waals surface area (Å²) in [5.41, 5.74) is 5.00. The third kappa shape index (κ3) is 4.89. The van der Waals surface area contributed by atoms with Gasteiger partial charge < -0.3 is 14.9 Å². The molecular weight excluding hydrogens is 440 g/mol. The summed E-state index contributed by atoms with van der Waals surface area (Å²) < 4.78 is 6.01. The Balaban J connectivity index is 1.40. The maximum atomic E-state index is 13.5. The van der Waals surface area contributed by atoms with Gasteiger partial charge in [0.25, 0.3) is 0 Å². The van der Waals surface area contributed by atoms with Crippen LogP contribution in [0, 0.1) is 37.5 Å². The molecule has 3 aliphatic rings. The minimum atomic E-state index is -0.830. The molecule has 188 valence electrons. The van der Waals surface area contributed by atoms with Crippen molar-refractivity contribution in [3.8, 4) is 0 Å². The molecule has 0 bridgehead atoms. The lowest BCUT2D eigenvalue weighted by atomic mass is 9.69. The third-order valence-corrected chi connectivity index (χ3v) is 8.42. The lowest BCUT2D eigenvalue weighted by Crippen LogP contribution is -2.26. The van der Waals surface area contributed by atoms with Crippen LogP contribution in [0.15, 0.2) is 22.7 Å². The number of aromatic nitrogens is 1. The fourth-order valence-corrected chi connectivity index (χ4v) is 6.49. The van der Waals surface area contributed by atoms with Crippen molar-refractivity contribution >= 4 is 17.6 Å². The van der Waals surface area contributed by atoms with E-state index in [9.17, 15) is 14.7 Å². The third-order valence-electron chi connectivity index (χ3n) is 8.42. The van der Waals surface area contributed by atoms with Crippen molar-refractivity contribution < 1.29 is 19.2 Å². The van der Waals surface area contributed by atoms with Crippen molar-refractivity contribution in [1.82, 2.24) is 5.16 Å². The largest absolute Gasteiger partial charge is 0.481 e. The van der Waals surface area contributed by atoms with E-state index in [1.54, 1.807) is 0 Å². The molecule has 2 N–H and O–H groups in total. The quantitative estimate of drug-likeness (QED) is 0.449. The van der Waals surface area contributed by atoms with E-state index in [0.29, 0.717) is 30.6 Å². The van der Waals surface area contributed by atoms with Crippen molar-refractivity contribution in [2.24, 2.45) is 23.7 Å². The first kappa shape index (κ1) is 24.1.